The van der Waals surface area contributed by atoms with Crippen molar-refractivity contribution < 1.29 is 18.9 Å². The van der Waals surface area contributed by atoms with Crippen LogP contribution in [0.2, 0.25) is 0 Å². The molecule has 0 aromatic carbocycles. The SMILES string of the molecule is C[C@H]1OCCO[C@@]23CC4=CC=C5[C@@H](CC[C@]6(C)[C@@H]1CC[C@@H]56)[C@@]4(C)C[C@H]2OCCO3. The predicted octanol–water partition coefficient (Wildman–Crippen LogP) is 4.64. The molecule has 5 aliphatic heterocycles. The summed E-state index contributed by atoms with van der Waals surface area (Å²) >= 11 is 0. The van der Waals surface area contributed by atoms with Crippen molar-refractivity contribution >= 4 is 0 Å². The molecule has 4 nitrogen and oxygen atoms in total. The third kappa shape index (κ3) is 2.52. The third-order valence-corrected chi connectivity index (χ3v) is 9.83. The zero-order chi connectivity index (χ0) is 19.9. The maximum atomic E-state index is 6.46. The summed E-state index contributed by atoms with van der Waals surface area (Å²) in [6.45, 7) is 9.85. The maximum Gasteiger partial charge on any atom is 0.198 e. The quantitative estimate of drug-likeness (QED) is 0.593. The summed E-state index contributed by atoms with van der Waals surface area (Å²) in [4.78, 5) is 0. The van der Waals surface area contributed by atoms with Crippen molar-refractivity contribution in [3.8, 4) is 0 Å². The first kappa shape index (κ1) is 19.0. The van der Waals surface area contributed by atoms with Gasteiger partial charge in [0.1, 0.15) is 6.10 Å². The zero-order valence-electron chi connectivity index (χ0n) is 18.2. The number of rotatable bonds is 0. The second-order valence-electron chi connectivity index (χ2n) is 10.9. The number of hydrogen-bond acceptors (Lipinski definition) is 4. The van der Waals surface area contributed by atoms with Gasteiger partial charge in [0.25, 0.3) is 0 Å². The Morgan fingerprint density at radius 2 is 1.69 bits per heavy atom. The highest BCUT2D eigenvalue weighted by Gasteiger charge is 2.61. The van der Waals surface area contributed by atoms with Gasteiger partial charge in [0, 0.05) is 6.42 Å². The minimum Gasteiger partial charge on any atom is -0.376 e. The molecule has 4 heteroatoms. The largest absolute Gasteiger partial charge is 0.376 e. The lowest BCUT2D eigenvalue weighted by Crippen LogP contribution is -2.61. The molecule has 0 aromatic rings. The van der Waals surface area contributed by atoms with Crippen LogP contribution in [0.4, 0.5) is 0 Å². The Hall–Kier alpha value is -0.680. The van der Waals surface area contributed by atoms with Crippen LogP contribution in [-0.4, -0.2) is 44.4 Å². The van der Waals surface area contributed by atoms with Gasteiger partial charge < -0.3 is 18.9 Å². The van der Waals surface area contributed by atoms with Gasteiger partial charge >= 0.3 is 0 Å². The normalized spacial score (nSPS) is 54.0. The topological polar surface area (TPSA) is 36.9 Å². The molecule has 29 heavy (non-hydrogen) atoms. The number of ether oxygens (including phenoxy) is 4. The Morgan fingerprint density at radius 3 is 2.52 bits per heavy atom. The standard InChI is InChI=1S/C25H36O4/c1-16-19-6-7-20-18-5-4-17-14-25(28-12-10-26-16)22(27-11-13-29-25)15-24(17,3)21(18)8-9-23(19,20)2/h4-5,16,19-22H,6-15H2,1-3H3/t16-,19-,20+,21-,22-,23-,24+,25-/m1/s1. The average molecular weight is 401 g/mol. The fourth-order valence-electron chi connectivity index (χ4n) is 8.28. The Kier molecular flexibility index (Phi) is 4.21. The Balaban J connectivity index is 1.47. The molecule has 7 fully saturated rings. The van der Waals surface area contributed by atoms with Crippen LogP contribution < -0.4 is 0 Å². The molecule has 4 aliphatic carbocycles. The van der Waals surface area contributed by atoms with Crippen molar-refractivity contribution in [2.75, 3.05) is 26.4 Å². The van der Waals surface area contributed by atoms with E-state index in [4.69, 9.17) is 18.9 Å². The molecule has 8 atom stereocenters. The Morgan fingerprint density at radius 1 is 0.897 bits per heavy atom. The maximum absolute atomic E-state index is 6.46. The lowest BCUT2D eigenvalue weighted by molar-refractivity contribution is -0.341. The molecule has 8 bridgehead atoms. The molecule has 5 heterocycles. The average Bonchev–Trinajstić information content (AvgIpc) is 3.06. The molecule has 1 spiro atoms. The van der Waals surface area contributed by atoms with Crippen molar-refractivity contribution in [3.63, 3.8) is 0 Å². The van der Waals surface area contributed by atoms with Gasteiger partial charge in [-0.2, -0.15) is 0 Å². The smallest absolute Gasteiger partial charge is 0.198 e. The van der Waals surface area contributed by atoms with E-state index >= 15 is 0 Å². The zero-order valence-corrected chi connectivity index (χ0v) is 18.2. The second-order valence-corrected chi connectivity index (χ2v) is 10.9. The second kappa shape index (κ2) is 6.41. The molecule has 0 amide bonds. The monoisotopic (exact) mass is 400 g/mol. The first-order valence-corrected chi connectivity index (χ1v) is 11.9. The van der Waals surface area contributed by atoms with Gasteiger partial charge in [-0.1, -0.05) is 37.1 Å². The molecule has 0 unspecified atom stereocenters. The van der Waals surface area contributed by atoms with E-state index in [2.05, 4.69) is 32.9 Å². The van der Waals surface area contributed by atoms with Crippen LogP contribution in [0.5, 0.6) is 0 Å². The van der Waals surface area contributed by atoms with E-state index in [9.17, 15) is 0 Å². The van der Waals surface area contributed by atoms with Crippen molar-refractivity contribution in [3.05, 3.63) is 23.3 Å². The van der Waals surface area contributed by atoms with Crippen molar-refractivity contribution in [2.45, 2.75) is 77.3 Å². The van der Waals surface area contributed by atoms with Gasteiger partial charge in [-0.25, -0.2) is 0 Å². The van der Waals surface area contributed by atoms with Gasteiger partial charge in [0.2, 0.25) is 0 Å². The minimum atomic E-state index is -0.631. The van der Waals surface area contributed by atoms with Crippen molar-refractivity contribution in [2.24, 2.45) is 28.6 Å². The van der Waals surface area contributed by atoms with E-state index in [-0.39, 0.29) is 17.6 Å². The first-order valence-electron chi connectivity index (χ1n) is 11.9. The number of hydrogen-bond donors (Lipinski definition) is 0. The highest BCUT2D eigenvalue weighted by atomic mass is 16.7. The van der Waals surface area contributed by atoms with E-state index in [1.807, 2.05) is 0 Å². The summed E-state index contributed by atoms with van der Waals surface area (Å²) in [6, 6.07) is 0. The van der Waals surface area contributed by atoms with E-state index in [1.54, 1.807) is 5.57 Å². The molecule has 4 saturated heterocycles. The summed E-state index contributed by atoms with van der Waals surface area (Å²) in [6.07, 6.45) is 12.3. The van der Waals surface area contributed by atoms with Crippen LogP contribution in [0.15, 0.2) is 23.3 Å². The summed E-state index contributed by atoms with van der Waals surface area (Å²) in [7, 11) is 0. The highest BCUT2D eigenvalue weighted by Crippen LogP contribution is 2.66. The molecule has 160 valence electrons. The molecule has 0 N–H and O–H groups in total. The summed E-state index contributed by atoms with van der Waals surface area (Å²) in [5.41, 5.74) is 3.78. The predicted molar refractivity (Wildman–Crippen MR) is 110 cm³/mol. The molecule has 3 saturated carbocycles. The molecular formula is C25H36O4. The molecule has 9 rings (SSSR count). The summed E-state index contributed by atoms with van der Waals surface area (Å²) in [5, 5.41) is 0. The summed E-state index contributed by atoms with van der Waals surface area (Å²) < 4.78 is 25.4. The van der Waals surface area contributed by atoms with Crippen molar-refractivity contribution in [1.82, 2.24) is 0 Å². The van der Waals surface area contributed by atoms with Gasteiger partial charge in [-0.15, -0.1) is 0 Å². The summed E-state index contributed by atoms with van der Waals surface area (Å²) in [5.74, 6) is 1.37. The lowest BCUT2D eigenvalue weighted by Gasteiger charge is -2.59. The molecular weight excluding hydrogens is 364 g/mol. The van der Waals surface area contributed by atoms with Gasteiger partial charge in [0.05, 0.1) is 32.5 Å². The van der Waals surface area contributed by atoms with Crippen LogP contribution in [0, 0.1) is 28.6 Å². The first-order chi connectivity index (χ1) is 14.0. The number of allylic oxidation sites excluding steroid dienone is 3. The van der Waals surface area contributed by atoms with E-state index < -0.39 is 5.79 Å². The number of fused-ring (bicyclic) bond motifs is 1. The van der Waals surface area contributed by atoms with Gasteiger partial charge in [-0.05, 0) is 67.6 Å². The van der Waals surface area contributed by atoms with E-state index in [1.165, 1.54) is 31.3 Å². The van der Waals surface area contributed by atoms with Crippen LogP contribution in [-0.2, 0) is 18.9 Å². The fraction of sp³-hybridized carbons (Fsp3) is 0.840. The van der Waals surface area contributed by atoms with E-state index in [0.717, 1.165) is 12.8 Å². The molecule has 9 aliphatic rings. The molecule has 0 aromatic heterocycles. The van der Waals surface area contributed by atoms with Gasteiger partial charge in [-0.3, -0.25) is 0 Å². The molecule has 0 radical (unpaired) electrons. The lowest BCUT2D eigenvalue weighted by atomic mass is 9.49. The van der Waals surface area contributed by atoms with E-state index in [0.29, 0.717) is 49.6 Å². The van der Waals surface area contributed by atoms with Crippen LogP contribution in [0.25, 0.3) is 0 Å². The minimum absolute atomic E-state index is 0.0164. The Labute approximate surface area is 175 Å². The van der Waals surface area contributed by atoms with Crippen LogP contribution in [0.1, 0.15) is 59.3 Å². The van der Waals surface area contributed by atoms with Gasteiger partial charge in [0.15, 0.2) is 5.79 Å². The highest BCUT2D eigenvalue weighted by molar-refractivity contribution is 5.40. The van der Waals surface area contributed by atoms with Crippen LogP contribution >= 0.6 is 0 Å². The van der Waals surface area contributed by atoms with Crippen molar-refractivity contribution in [1.29, 1.82) is 0 Å². The fourth-order valence-corrected chi connectivity index (χ4v) is 8.28. The third-order valence-electron chi connectivity index (χ3n) is 9.83. The van der Waals surface area contributed by atoms with Crippen LogP contribution in [0.3, 0.4) is 0 Å². The Bertz CT molecular complexity index is 758.